The van der Waals surface area contributed by atoms with Crippen molar-refractivity contribution in [3.8, 4) is 11.5 Å². The maximum atomic E-state index is 11.0. The van der Waals surface area contributed by atoms with E-state index in [1.54, 1.807) is 30.3 Å². The minimum atomic E-state index is -1.11. The van der Waals surface area contributed by atoms with Crippen molar-refractivity contribution in [3.63, 3.8) is 0 Å². The van der Waals surface area contributed by atoms with E-state index in [2.05, 4.69) is 21.9 Å². The molecule has 0 radical (unpaired) electrons. The van der Waals surface area contributed by atoms with Crippen molar-refractivity contribution >= 4 is 23.1 Å². The molecule has 0 aliphatic carbocycles. The Bertz CT molecular complexity index is 1040. The summed E-state index contributed by atoms with van der Waals surface area (Å²) in [4.78, 5) is 0. The van der Waals surface area contributed by atoms with Crippen LogP contribution in [0, 0.1) is 5.41 Å². The van der Waals surface area contributed by atoms with Gasteiger partial charge in [-0.1, -0.05) is 17.7 Å². The Labute approximate surface area is 210 Å². The lowest BCUT2D eigenvalue weighted by molar-refractivity contribution is -0.314. The van der Waals surface area contributed by atoms with Crippen LogP contribution < -0.4 is 42.8 Å². The summed E-state index contributed by atoms with van der Waals surface area (Å²) in [5, 5.41) is 22.0. The first-order chi connectivity index (χ1) is 16.6. The van der Waals surface area contributed by atoms with Crippen molar-refractivity contribution in [2.45, 2.75) is 39.1 Å². The number of anilines is 1. The zero-order valence-corrected chi connectivity index (χ0v) is 20.9. The van der Waals surface area contributed by atoms with E-state index >= 15 is 0 Å². The highest BCUT2D eigenvalue weighted by atomic mass is 35.5. The predicted octanol–water partition coefficient (Wildman–Crippen LogP) is 1.84. The molecule has 0 heterocycles. The van der Waals surface area contributed by atoms with Crippen molar-refractivity contribution < 1.29 is 20.3 Å². The monoisotopic (exact) mass is 504 g/mol. The van der Waals surface area contributed by atoms with E-state index < -0.39 is 12.3 Å². The number of quaternary nitrogens is 1. The lowest BCUT2D eigenvalue weighted by Crippen LogP contribution is -2.59. The van der Waals surface area contributed by atoms with Crippen molar-refractivity contribution in [3.05, 3.63) is 76.7 Å². The largest absolute Gasteiger partial charge is 0.490 e. The SMILES string of the molecule is CCOc1cc(C(Nc2ccc(C(=N)N)cc2)C(O)NN/C([NH3+])=C/C=C(\N)Cl)ccc1OC(C)C. The number of nitrogen functional groups attached to an aromatic ring is 1. The lowest BCUT2D eigenvalue weighted by Gasteiger charge is -2.27. The molecule has 0 aromatic heterocycles. The van der Waals surface area contributed by atoms with Crippen LogP contribution in [0.5, 0.6) is 11.5 Å². The molecule has 2 aromatic carbocycles. The van der Waals surface area contributed by atoms with E-state index in [1.165, 1.54) is 6.08 Å². The normalized spacial score (nSPS) is 13.8. The average Bonchev–Trinajstić information content (AvgIpc) is 2.81. The van der Waals surface area contributed by atoms with E-state index in [0.29, 0.717) is 35.2 Å². The highest BCUT2D eigenvalue weighted by Crippen LogP contribution is 2.33. The number of hydrogen-bond acceptors (Lipinski definition) is 8. The van der Waals surface area contributed by atoms with Gasteiger partial charge < -0.3 is 37.1 Å². The molecule has 0 bridgehead atoms. The molecule has 0 fully saturated rings. The molecule has 11 heteroatoms. The number of aliphatic hydroxyl groups excluding tert-OH is 1. The van der Waals surface area contributed by atoms with Gasteiger partial charge in [-0.05, 0) is 68.8 Å². The van der Waals surface area contributed by atoms with Gasteiger partial charge in [0, 0.05) is 17.3 Å². The molecular weight excluding hydrogens is 470 g/mol. The molecule has 0 saturated carbocycles. The number of hydrazine groups is 1. The minimum absolute atomic E-state index is 0.0245. The Morgan fingerprint density at radius 1 is 1.14 bits per heavy atom. The molecule has 0 aliphatic rings. The summed E-state index contributed by atoms with van der Waals surface area (Å²) < 4.78 is 11.7. The first-order valence-electron chi connectivity index (χ1n) is 11.1. The number of amidine groups is 1. The Balaban J connectivity index is 2.36. The number of aliphatic hydroxyl groups is 1. The van der Waals surface area contributed by atoms with Crippen molar-refractivity contribution in [1.29, 1.82) is 5.41 Å². The maximum Gasteiger partial charge on any atom is 0.210 e. The molecule has 0 spiro atoms. The predicted molar refractivity (Wildman–Crippen MR) is 139 cm³/mol. The van der Waals surface area contributed by atoms with Gasteiger partial charge >= 0.3 is 0 Å². The van der Waals surface area contributed by atoms with Crippen LogP contribution in [0.3, 0.4) is 0 Å². The zero-order chi connectivity index (χ0) is 26.0. The highest BCUT2D eigenvalue weighted by molar-refractivity contribution is 6.29. The van der Waals surface area contributed by atoms with Crippen LogP contribution in [-0.4, -0.2) is 29.9 Å². The molecule has 0 saturated heterocycles. The minimum Gasteiger partial charge on any atom is -0.490 e. The summed E-state index contributed by atoms with van der Waals surface area (Å²) in [6.07, 6.45) is 1.90. The van der Waals surface area contributed by atoms with Crippen LogP contribution in [0.2, 0.25) is 0 Å². The zero-order valence-electron chi connectivity index (χ0n) is 20.1. The average molecular weight is 505 g/mol. The van der Waals surface area contributed by atoms with Gasteiger partial charge in [-0.3, -0.25) is 10.8 Å². The molecule has 190 valence electrons. The first-order valence-corrected chi connectivity index (χ1v) is 11.5. The van der Waals surface area contributed by atoms with Gasteiger partial charge in [-0.25, -0.2) is 5.43 Å². The van der Waals surface area contributed by atoms with Crippen LogP contribution in [0.4, 0.5) is 5.69 Å². The second-order valence-corrected chi connectivity index (χ2v) is 8.31. The Morgan fingerprint density at radius 3 is 2.40 bits per heavy atom. The number of rotatable bonds is 13. The van der Waals surface area contributed by atoms with Gasteiger partial charge in [0.2, 0.25) is 5.82 Å². The smallest absolute Gasteiger partial charge is 0.210 e. The Hall–Kier alpha value is -3.44. The fourth-order valence-corrected chi connectivity index (χ4v) is 3.14. The summed E-state index contributed by atoms with van der Waals surface area (Å²) in [7, 11) is 0. The fraction of sp³-hybridized carbons (Fsp3) is 0.292. The van der Waals surface area contributed by atoms with E-state index in [4.69, 9.17) is 38.0 Å². The van der Waals surface area contributed by atoms with Crippen molar-refractivity contribution in [2.75, 3.05) is 11.9 Å². The highest BCUT2D eigenvalue weighted by Gasteiger charge is 2.23. The molecule has 10 nitrogen and oxygen atoms in total. The van der Waals surface area contributed by atoms with Crippen LogP contribution in [0.25, 0.3) is 0 Å². The van der Waals surface area contributed by atoms with Crippen molar-refractivity contribution in [1.82, 2.24) is 10.9 Å². The Morgan fingerprint density at radius 2 is 1.83 bits per heavy atom. The topological polar surface area (TPSA) is 178 Å². The summed E-state index contributed by atoms with van der Waals surface area (Å²) in [6, 6.07) is 11.9. The molecular formula is C24H35ClN7O3+. The summed E-state index contributed by atoms with van der Waals surface area (Å²) in [5.74, 6) is 1.60. The van der Waals surface area contributed by atoms with Gasteiger partial charge in [0.05, 0.1) is 23.9 Å². The number of nitrogens with one attached hydrogen (secondary N) is 4. The third kappa shape index (κ3) is 9.02. The van der Waals surface area contributed by atoms with Gasteiger partial charge in [-0.15, -0.1) is 0 Å². The third-order valence-electron chi connectivity index (χ3n) is 4.65. The van der Waals surface area contributed by atoms with E-state index in [0.717, 1.165) is 5.56 Å². The number of allylic oxidation sites excluding steroid dienone is 2. The van der Waals surface area contributed by atoms with Gasteiger partial charge in [-0.2, -0.15) is 0 Å². The number of halogens is 1. The van der Waals surface area contributed by atoms with Crippen LogP contribution in [0.1, 0.15) is 37.9 Å². The number of hydrogen-bond donors (Lipinski definition) is 8. The Kier molecular flexibility index (Phi) is 10.7. The first kappa shape index (κ1) is 27.8. The quantitative estimate of drug-likeness (QED) is 0.0508. The number of benzene rings is 2. The third-order valence-corrected chi connectivity index (χ3v) is 4.77. The summed E-state index contributed by atoms with van der Waals surface area (Å²) in [6.45, 7) is 6.23. The summed E-state index contributed by atoms with van der Waals surface area (Å²) in [5.41, 5.74) is 22.5. The standard InChI is InChI=1S/C24H34ClN7O3/c1-4-34-19-13-16(7-10-18(19)35-14(2)3)22(24(33)32-31-21(27)12-11-20(25)26)30-17-8-5-15(6-9-17)23(28)29/h5-14,22,24,30-33H,4,26-27H2,1-3H3,(H3,28,29)/p+1/b20-11-,21-12+. The van der Waals surface area contributed by atoms with Crippen molar-refractivity contribution in [2.24, 2.45) is 11.5 Å². The molecule has 2 rings (SSSR count). The second kappa shape index (κ2) is 13.4. The van der Waals surface area contributed by atoms with E-state index in [9.17, 15) is 5.11 Å². The fourth-order valence-electron chi connectivity index (χ4n) is 3.08. The molecule has 0 amide bonds. The lowest BCUT2D eigenvalue weighted by atomic mass is 10.0. The molecule has 2 atom stereocenters. The molecule has 12 N–H and O–H groups in total. The van der Waals surface area contributed by atoms with Crippen LogP contribution in [-0.2, 0) is 0 Å². The molecule has 2 aromatic rings. The summed E-state index contributed by atoms with van der Waals surface area (Å²) >= 11 is 5.64. The van der Waals surface area contributed by atoms with E-state index in [1.807, 2.05) is 39.0 Å². The van der Waals surface area contributed by atoms with Gasteiger partial charge in [0.25, 0.3) is 0 Å². The van der Waals surface area contributed by atoms with Crippen LogP contribution in [0.15, 0.2) is 65.6 Å². The number of nitrogens with two attached hydrogens (primary N) is 2. The molecule has 35 heavy (non-hydrogen) atoms. The second-order valence-electron chi connectivity index (χ2n) is 7.88. The molecule has 2 unspecified atom stereocenters. The van der Waals surface area contributed by atoms with Crippen LogP contribution >= 0.6 is 11.6 Å². The van der Waals surface area contributed by atoms with Gasteiger partial charge in [0.1, 0.15) is 12.1 Å². The van der Waals surface area contributed by atoms with Gasteiger partial charge in [0.15, 0.2) is 11.5 Å². The molecule has 0 aliphatic heterocycles. The van der Waals surface area contributed by atoms with E-state index in [-0.39, 0.29) is 17.1 Å². The maximum absolute atomic E-state index is 11.0. The number of ether oxygens (including phenoxy) is 2.